The molecule has 1 N–H and O–H groups in total. The van der Waals surface area contributed by atoms with Crippen molar-refractivity contribution in [1.82, 2.24) is 15.1 Å². The Balaban J connectivity index is 1.72. The van der Waals surface area contributed by atoms with Crippen LogP contribution in [0.2, 0.25) is 0 Å². The molecule has 1 aromatic rings. The van der Waals surface area contributed by atoms with Gasteiger partial charge < -0.3 is 5.32 Å². The Morgan fingerprint density at radius 2 is 2.05 bits per heavy atom. The highest BCUT2D eigenvalue weighted by molar-refractivity contribution is 6.20. The first-order valence-corrected chi connectivity index (χ1v) is 8.76. The quantitative estimate of drug-likeness (QED) is 0.783. The highest BCUT2D eigenvalue weighted by atomic mass is 35.5. The van der Waals surface area contributed by atoms with Crippen molar-refractivity contribution in [3.8, 4) is 0 Å². The Kier molecular flexibility index (Phi) is 6.12. The smallest absolute Gasteiger partial charge is 0.0762 e. The molecule has 1 atom stereocenters. The van der Waals surface area contributed by atoms with E-state index in [1.165, 1.54) is 32.1 Å². The molecule has 1 heterocycles. The average molecular weight is 312 g/mol. The van der Waals surface area contributed by atoms with Crippen molar-refractivity contribution in [2.24, 2.45) is 5.41 Å². The lowest BCUT2D eigenvalue weighted by molar-refractivity contribution is 0.327. The number of hydrogen-bond donors (Lipinski definition) is 1. The first-order valence-electron chi connectivity index (χ1n) is 8.33. The fourth-order valence-corrected chi connectivity index (χ4v) is 3.69. The standard InChI is InChI=1S/C17H30ClN3/c1-17(2,3)11-14(18)12-19-13-15-9-10-21(20-15)16-7-5-4-6-8-16/h9-10,14,16,19H,4-8,11-13H2,1-3H3. The van der Waals surface area contributed by atoms with E-state index in [0.717, 1.165) is 25.2 Å². The van der Waals surface area contributed by atoms with Crippen molar-refractivity contribution in [1.29, 1.82) is 0 Å². The molecule has 0 aromatic carbocycles. The molecule has 1 saturated carbocycles. The molecule has 3 nitrogen and oxygen atoms in total. The lowest BCUT2D eigenvalue weighted by Gasteiger charge is -2.22. The normalized spacial score (nSPS) is 18.9. The van der Waals surface area contributed by atoms with Crippen molar-refractivity contribution in [2.45, 2.75) is 77.3 Å². The molecule has 1 unspecified atom stereocenters. The summed E-state index contributed by atoms with van der Waals surface area (Å²) >= 11 is 6.37. The topological polar surface area (TPSA) is 29.9 Å². The van der Waals surface area contributed by atoms with Gasteiger partial charge in [0.25, 0.3) is 0 Å². The van der Waals surface area contributed by atoms with Gasteiger partial charge in [-0.15, -0.1) is 11.6 Å². The maximum Gasteiger partial charge on any atom is 0.0762 e. The predicted octanol–water partition coefficient (Wildman–Crippen LogP) is 4.52. The number of nitrogens with one attached hydrogen (secondary N) is 1. The number of halogens is 1. The van der Waals surface area contributed by atoms with Gasteiger partial charge in [-0.1, -0.05) is 40.0 Å². The van der Waals surface area contributed by atoms with Crippen LogP contribution in [0.3, 0.4) is 0 Å². The van der Waals surface area contributed by atoms with Crippen LogP contribution in [0.1, 0.15) is 71.0 Å². The molecule has 1 aliphatic rings. The monoisotopic (exact) mass is 311 g/mol. The summed E-state index contributed by atoms with van der Waals surface area (Å²) in [5.74, 6) is 0. The molecule has 0 saturated heterocycles. The second-order valence-corrected chi connectivity index (χ2v) is 8.19. The van der Waals surface area contributed by atoms with Gasteiger partial charge in [0.15, 0.2) is 0 Å². The molecule has 0 radical (unpaired) electrons. The summed E-state index contributed by atoms with van der Waals surface area (Å²) in [6, 6.07) is 2.75. The van der Waals surface area contributed by atoms with E-state index < -0.39 is 0 Å². The van der Waals surface area contributed by atoms with Gasteiger partial charge in [-0.2, -0.15) is 5.10 Å². The van der Waals surface area contributed by atoms with E-state index in [1.807, 2.05) is 0 Å². The molecule has 0 spiro atoms. The highest BCUT2D eigenvalue weighted by Crippen LogP contribution is 2.27. The average Bonchev–Trinajstić information content (AvgIpc) is 2.86. The Labute approximate surface area is 134 Å². The predicted molar refractivity (Wildman–Crippen MR) is 89.8 cm³/mol. The van der Waals surface area contributed by atoms with E-state index >= 15 is 0 Å². The van der Waals surface area contributed by atoms with Crippen molar-refractivity contribution in [3.63, 3.8) is 0 Å². The summed E-state index contributed by atoms with van der Waals surface area (Å²) < 4.78 is 2.17. The highest BCUT2D eigenvalue weighted by Gasteiger charge is 2.17. The van der Waals surface area contributed by atoms with Gasteiger partial charge in [-0.3, -0.25) is 4.68 Å². The van der Waals surface area contributed by atoms with Gasteiger partial charge >= 0.3 is 0 Å². The molecule has 0 amide bonds. The van der Waals surface area contributed by atoms with Crippen LogP contribution in [0, 0.1) is 5.41 Å². The fraction of sp³-hybridized carbons (Fsp3) is 0.824. The van der Waals surface area contributed by atoms with E-state index in [4.69, 9.17) is 16.7 Å². The fourth-order valence-electron chi connectivity index (χ4n) is 3.11. The second-order valence-electron chi connectivity index (χ2n) is 7.57. The third kappa shape index (κ3) is 5.99. The second kappa shape index (κ2) is 7.64. The van der Waals surface area contributed by atoms with Gasteiger partial charge in [0.1, 0.15) is 0 Å². The van der Waals surface area contributed by atoms with E-state index in [-0.39, 0.29) is 10.8 Å². The van der Waals surface area contributed by atoms with Gasteiger partial charge in [0, 0.05) is 24.7 Å². The maximum atomic E-state index is 6.37. The molecule has 1 aromatic heterocycles. The maximum absolute atomic E-state index is 6.37. The van der Waals surface area contributed by atoms with Gasteiger partial charge in [-0.05, 0) is 30.7 Å². The van der Waals surface area contributed by atoms with Crippen molar-refractivity contribution in [3.05, 3.63) is 18.0 Å². The van der Waals surface area contributed by atoms with Crippen LogP contribution < -0.4 is 5.32 Å². The van der Waals surface area contributed by atoms with Crippen LogP contribution in [0.4, 0.5) is 0 Å². The van der Waals surface area contributed by atoms with E-state index in [9.17, 15) is 0 Å². The third-order valence-corrected chi connectivity index (χ3v) is 4.43. The van der Waals surface area contributed by atoms with Crippen LogP contribution >= 0.6 is 11.6 Å². The van der Waals surface area contributed by atoms with Crippen LogP contribution in [-0.2, 0) is 6.54 Å². The summed E-state index contributed by atoms with van der Waals surface area (Å²) in [7, 11) is 0. The number of nitrogens with zero attached hydrogens (tertiary/aromatic N) is 2. The summed E-state index contributed by atoms with van der Waals surface area (Å²) in [6.07, 6.45) is 9.81. The largest absolute Gasteiger partial charge is 0.310 e. The molecule has 1 fully saturated rings. The number of aromatic nitrogens is 2. The number of hydrogen-bond acceptors (Lipinski definition) is 2. The molecule has 0 aliphatic heterocycles. The SMILES string of the molecule is CC(C)(C)CC(Cl)CNCc1ccn(C2CCCCC2)n1. The lowest BCUT2D eigenvalue weighted by atomic mass is 9.90. The molecule has 2 rings (SSSR count). The first-order chi connectivity index (χ1) is 9.94. The minimum Gasteiger partial charge on any atom is -0.310 e. The van der Waals surface area contributed by atoms with Crippen molar-refractivity contribution >= 4 is 11.6 Å². The lowest BCUT2D eigenvalue weighted by Crippen LogP contribution is -2.26. The summed E-state index contributed by atoms with van der Waals surface area (Å²) in [6.45, 7) is 8.35. The van der Waals surface area contributed by atoms with Gasteiger partial charge in [0.05, 0.1) is 11.7 Å². The number of alkyl halides is 1. The van der Waals surface area contributed by atoms with Crippen LogP contribution in [0.5, 0.6) is 0 Å². The molecular formula is C17H30ClN3. The van der Waals surface area contributed by atoms with Gasteiger partial charge in [0.2, 0.25) is 0 Å². The Morgan fingerprint density at radius 1 is 1.33 bits per heavy atom. The zero-order valence-electron chi connectivity index (χ0n) is 13.7. The summed E-state index contributed by atoms with van der Waals surface area (Å²) in [5.41, 5.74) is 1.41. The van der Waals surface area contributed by atoms with Crippen molar-refractivity contribution < 1.29 is 0 Å². The van der Waals surface area contributed by atoms with Crippen LogP contribution in [-0.4, -0.2) is 21.7 Å². The van der Waals surface area contributed by atoms with E-state index in [0.29, 0.717) is 6.04 Å². The van der Waals surface area contributed by atoms with Crippen LogP contribution in [0.25, 0.3) is 0 Å². The van der Waals surface area contributed by atoms with E-state index in [2.05, 4.69) is 43.0 Å². The Morgan fingerprint density at radius 3 is 2.71 bits per heavy atom. The van der Waals surface area contributed by atoms with Crippen LogP contribution in [0.15, 0.2) is 12.3 Å². The van der Waals surface area contributed by atoms with E-state index in [1.54, 1.807) is 0 Å². The minimum atomic E-state index is 0.186. The molecule has 1 aliphatic carbocycles. The zero-order valence-corrected chi connectivity index (χ0v) is 14.5. The molecule has 0 bridgehead atoms. The number of rotatable bonds is 6. The molecular weight excluding hydrogens is 282 g/mol. The molecule has 21 heavy (non-hydrogen) atoms. The molecule has 4 heteroatoms. The Hall–Kier alpha value is -0.540. The summed E-state index contributed by atoms with van der Waals surface area (Å²) in [4.78, 5) is 0. The third-order valence-electron chi connectivity index (χ3n) is 4.12. The Bertz CT molecular complexity index is 416. The van der Waals surface area contributed by atoms with Gasteiger partial charge in [-0.25, -0.2) is 0 Å². The first kappa shape index (κ1) is 16.8. The minimum absolute atomic E-state index is 0.186. The zero-order chi connectivity index (χ0) is 15.3. The van der Waals surface area contributed by atoms with Crippen molar-refractivity contribution in [2.75, 3.05) is 6.54 Å². The summed E-state index contributed by atoms with van der Waals surface area (Å²) in [5, 5.41) is 8.33. The molecule has 120 valence electrons.